The van der Waals surface area contributed by atoms with E-state index in [0.29, 0.717) is 60.3 Å². The molecule has 2 aromatic heterocycles. The van der Waals surface area contributed by atoms with Crippen LogP contribution in [0.1, 0.15) is 118 Å². The van der Waals surface area contributed by atoms with Crippen LogP contribution >= 0.6 is 0 Å². The van der Waals surface area contributed by atoms with Crippen molar-refractivity contribution >= 4 is 23.6 Å². The van der Waals surface area contributed by atoms with Crippen molar-refractivity contribution in [1.29, 1.82) is 0 Å². The van der Waals surface area contributed by atoms with E-state index in [0.717, 1.165) is 98.1 Å². The van der Waals surface area contributed by atoms with Crippen LogP contribution in [0, 0.1) is 23.3 Å². The van der Waals surface area contributed by atoms with Crippen molar-refractivity contribution in [2.45, 2.75) is 101 Å². The van der Waals surface area contributed by atoms with Crippen LogP contribution in [0.25, 0.3) is 22.8 Å². The Morgan fingerprint density at radius 2 is 0.868 bits per heavy atom. The van der Waals surface area contributed by atoms with Gasteiger partial charge in [0.2, 0.25) is 11.8 Å². The number of likely N-dealkylation sites (tertiary alicyclic amines) is 2. The first kappa shape index (κ1) is 50.7. The minimum Gasteiger partial charge on any atom is -0.381 e. The second-order valence-corrected chi connectivity index (χ2v) is 20.8. The Morgan fingerprint density at radius 3 is 1.22 bits per heavy atom. The third-order valence-electron chi connectivity index (χ3n) is 16.1. The molecule has 4 saturated heterocycles. The molecule has 4 amide bonds. The lowest BCUT2D eigenvalue weighted by atomic mass is 9.80. The van der Waals surface area contributed by atoms with E-state index in [9.17, 15) is 36.7 Å². The Balaban J connectivity index is 0.000000162. The van der Waals surface area contributed by atoms with Gasteiger partial charge in [0.25, 0.3) is 11.8 Å². The summed E-state index contributed by atoms with van der Waals surface area (Å²) in [5.41, 5.74) is 4.16. The van der Waals surface area contributed by atoms with Gasteiger partial charge in [0.1, 0.15) is 23.3 Å². The number of benzene rings is 4. The van der Waals surface area contributed by atoms with Crippen LogP contribution in [0.5, 0.6) is 0 Å². The smallest absolute Gasteiger partial charge is 0.255 e. The molecule has 1 unspecified atom stereocenters. The number of carbonyl (C=O) groups excluding carboxylic acids is 4. The molecule has 8 heterocycles. The molecule has 0 spiro atoms. The third-order valence-corrected chi connectivity index (χ3v) is 16.1. The number of aromatic nitrogens is 4. The average Bonchev–Trinajstić information content (AvgIpc) is 4.20. The molecule has 12 rings (SSSR count). The molecular weight excluding hydrogens is 981 g/mol. The Bertz CT molecular complexity index is 3020. The van der Waals surface area contributed by atoms with E-state index in [1.165, 1.54) is 12.1 Å². The normalized spacial score (nSPS) is 21.6. The lowest BCUT2D eigenvalue weighted by Gasteiger charge is -2.33. The summed E-state index contributed by atoms with van der Waals surface area (Å²) in [7, 11) is 0. The van der Waals surface area contributed by atoms with Crippen molar-refractivity contribution in [3.8, 4) is 22.8 Å². The molecule has 14 nitrogen and oxygen atoms in total. The molecule has 0 aliphatic carbocycles. The van der Waals surface area contributed by atoms with Crippen molar-refractivity contribution in [3.05, 3.63) is 164 Å². The zero-order chi connectivity index (χ0) is 52.9. The summed E-state index contributed by atoms with van der Waals surface area (Å²) in [5, 5.41) is 5.45. The lowest BCUT2D eigenvalue weighted by molar-refractivity contribution is -0.136. The first-order chi connectivity index (χ1) is 36.7. The zero-order valence-electron chi connectivity index (χ0n) is 42.2. The van der Waals surface area contributed by atoms with Crippen molar-refractivity contribution in [2.75, 3.05) is 39.5 Å². The van der Waals surface area contributed by atoms with Crippen molar-refractivity contribution < 1.29 is 46.2 Å². The minimum atomic E-state index is -0.762. The van der Waals surface area contributed by atoms with E-state index < -0.39 is 34.1 Å². The quantitative estimate of drug-likeness (QED) is 0.129. The number of nitrogens with one attached hydrogen (secondary N) is 2. The molecule has 6 aliphatic rings. The van der Waals surface area contributed by atoms with E-state index in [-0.39, 0.29) is 84.4 Å². The van der Waals surface area contributed by atoms with Gasteiger partial charge in [-0.2, -0.15) is 0 Å². The Hall–Kier alpha value is -7.44. The van der Waals surface area contributed by atoms with Crippen LogP contribution in [0.3, 0.4) is 0 Å². The second kappa shape index (κ2) is 20.6. The first-order valence-electron chi connectivity index (χ1n) is 25.9. The maximum atomic E-state index is 14.5. The van der Waals surface area contributed by atoms with Gasteiger partial charge < -0.3 is 29.9 Å². The maximum absolute atomic E-state index is 14.5. The van der Waals surface area contributed by atoms with Crippen LogP contribution < -0.4 is 10.6 Å². The van der Waals surface area contributed by atoms with E-state index >= 15 is 0 Å². The van der Waals surface area contributed by atoms with Crippen LogP contribution in [0.4, 0.5) is 17.6 Å². The first-order valence-corrected chi connectivity index (χ1v) is 25.9. The lowest BCUT2D eigenvalue weighted by Crippen LogP contribution is -2.44. The fourth-order valence-electron chi connectivity index (χ4n) is 11.6. The van der Waals surface area contributed by atoms with Crippen LogP contribution in [0.2, 0.25) is 0 Å². The highest BCUT2D eigenvalue weighted by atomic mass is 19.1. The van der Waals surface area contributed by atoms with Gasteiger partial charge in [-0.1, -0.05) is 60.7 Å². The molecule has 6 aromatic rings. The minimum absolute atomic E-state index is 0.0836. The number of amides is 4. The predicted octanol–water partition coefficient (Wildman–Crippen LogP) is 7.85. The number of ether oxygens (including phenoxy) is 2. The summed E-state index contributed by atoms with van der Waals surface area (Å²) in [6.07, 6.45) is 5.54. The molecule has 0 radical (unpaired) electrons. The average molecular weight is 1040 g/mol. The predicted molar refractivity (Wildman–Crippen MR) is 271 cm³/mol. The molecule has 18 heteroatoms. The molecule has 6 aliphatic heterocycles. The number of rotatable bonds is 10. The van der Waals surface area contributed by atoms with Crippen molar-refractivity contribution in [2.24, 2.45) is 0 Å². The molecule has 2 atom stereocenters. The van der Waals surface area contributed by atoms with Crippen LogP contribution in [-0.2, 0) is 55.8 Å². The van der Waals surface area contributed by atoms with Gasteiger partial charge in [0.05, 0.1) is 68.9 Å². The summed E-state index contributed by atoms with van der Waals surface area (Å²) in [6, 6.07) is 23.2. The topological polar surface area (TPSA) is 169 Å². The van der Waals surface area contributed by atoms with Gasteiger partial charge in [0, 0.05) is 64.4 Å². The van der Waals surface area contributed by atoms with Gasteiger partial charge in [-0.3, -0.25) is 19.2 Å². The maximum Gasteiger partial charge on any atom is 0.255 e. The van der Waals surface area contributed by atoms with Gasteiger partial charge in [-0.15, -0.1) is 0 Å². The van der Waals surface area contributed by atoms with E-state index in [1.54, 1.807) is 0 Å². The molecule has 4 aromatic carbocycles. The van der Waals surface area contributed by atoms with Gasteiger partial charge in [0.15, 0.2) is 11.6 Å². The Labute approximate surface area is 436 Å². The van der Waals surface area contributed by atoms with Crippen molar-refractivity contribution in [1.82, 2.24) is 40.4 Å². The van der Waals surface area contributed by atoms with Gasteiger partial charge >= 0.3 is 0 Å². The molecule has 4 fully saturated rings. The standard InChI is InChI=1S/2C29H28F2N4O3/c2*1-29(11-12-35(28(29)37)19-9-13-38-14-10-19)18-7-5-17(6-8-18)15-22-25-23(16-32-27(25)36)34-26(33-22)24-20(30)3-2-4-21(24)31/h2*2-8,19H,9-16H2,1H3,(H,32,36)/t29-;/m0./s1. The molecule has 0 bridgehead atoms. The zero-order valence-corrected chi connectivity index (χ0v) is 42.2. The molecule has 0 saturated carbocycles. The number of hydrogen-bond donors (Lipinski definition) is 2. The molecule has 2 N–H and O–H groups in total. The Morgan fingerprint density at radius 1 is 0.513 bits per heavy atom. The monoisotopic (exact) mass is 1040 g/mol. The summed E-state index contributed by atoms with van der Waals surface area (Å²) in [6.45, 7) is 8.59. The number of hydrogen-bond acceptors (Lipinski definition) is 10. The third kappa shape index (κ3) is 9.39. The second-order valence-electron chi connectivity index (χ2n) is 20.8. The summed E-state index contributed by atoms with van der Waals surface area (Å²) in [4.78, 5) is 73.5. The van der Waals surface area contributed by atoms with Gasteiger partial charge in [-0.25, -0.2) is 37.5 Å². The summed E-state index contributed by atoms with van der Waals surface area (Å²) in [5.74, 6) is -3.52. The van der Waals surface area contributed by atoms with Gasteiger partial charge in [-0.05, 0) is 98.9 Å². The largest absolute Gasteiger partial charge is 0.381 e. The SMILES string of the molecule is CC1(c2ccc(Cc3nc(-c4c(F)cccc4F)nc4c3C(=O)NC4)cc2)CCN(C2CCOCC2)C1=O.C[C@@]1(c2ccc(Cc3nc(-c4c(F)cccc4F)nc4c3C(=O)NC4)cc2)CCN(C2CCOCC2)C1=O. The Kier molecular flexibility index (Phi) is 13.7. The van der Waals surface area contributed by atoms with E-state index in [1.807, 2.05) is 72.2 Å². The van der Waals surface area contributed by atoms with Crippen molar-refractivity contribution in [3.63, 3.8) is 0 Å². The highest BCUT2D eigenvalue weighted by Crippen LogP contribution is 2.40. The molecule has 392 valence electrons. The summed E-state index contributed by atoms with van der Waals surface area (Å²) < 4.78 is 68.9. The van der Waals surface area contributed by atoms with E-state index in [4.69, 9.17) is 9.47 Å². The fourth-order valence-corrected chi connectivity index (χ4v) is 11.6. The molecule has 76 heavy (non-hydrogen) atoms. The highest BCUT2D eigenvalue weighted by molar-refractivity contribution is 6.00. The fraction of sp³-hybridized carbons (Fsp3) is 0.379. The van der Waals surface area contributed by atoms with Crippen LogP contribution in [-0.4, -0.2) is 105 Å². The van der Waals surface area contributed by atoms with Crippen LogP contribution in [0.15, 0.2) is 84.9 Å². The molecular formula is C58H56F4N8O6. The number of fused-ring (bicyclic) bond motifs is 2. The number of halogens is 4. The number of nitrogens with zero attached hydrogens (tertiary/aromatic N) is 6. The number of carbonyl (C=O) groups is 4. The summed E-state index contributed by atoms with van der Waals surface area (Å²) >= 11 is 0. The van der Waals surface area contributed by atoms with E-state index in [2.05, 4.69) is 30.6 Å². The highest BCUT2D eigenvalue weighted by Gasteiger charge is 2.48.